The first-order chi connectivity index (χ1) is 15.0. The first-order valence-corrected chi connectivity index (χ1v) is 10.1. The number of furan rings is 2. The van der Waals surface area contributed by atoms with Crippen LogP contribution in [0.4, 0.5) is 5.00 Å². The number of carbonyl (C=O) groups excluding carboxylic acids is 1. The maximum absolute atomic E-state index is 12.7. The molecule has 1 amide bonds. The van der Waals surface area contributed by atoms with Crippen molar-refractivity contribution in [1.29, 1.82) is 0 Å². The molecule has 2 N–H and O–H groups in total. The number of carbonyl (C=O) groups is 2. The van der Waals surface area contributed by atoms with Gasteiger partial charge >= 0.3 is 5.97 Å². The Morgan fingerprint density at radius 1 is 1.00 bits per heavy atom. The minimum absolute atomic E-state index is 0.0412. The summed E-state index contributed by atoms with van der Waals surface area (Å²) in [7, 11) is 1.57. The predicted molar refractivity (Wildman–Crippen MR) is 117 cm³/mol. The van der Waals surface area contributed by atoms with Crippen molar-refractivity contribution < 1.29 is 28.3 Å². The van der Waals surface area contributed by atoms with E-state index in [1.54, 1.807) is 48.9 Å². The fourth-order valence-corrected chi connectivity index (χ4v) is 4.32. The number of hydrogen-bond acceptors (Lipinski definition) is 6. The highest BCUT2D eigenvalue weighted by Gasteiger charge is 2.24. The zero-order chi connectivity index (χ0) is 21.5. The zero-order valence-corrected chi connectivity index (χ0v) is 17.0. The van der Waals surface area contributed by atoms with E-state index in [9.17, 15) is 14.7 Å². The van der Waals surface area contributed by atoms with E-state index in [0.717, 1.165) is 22.1 Å². The summed E-state index contributed by atoms with van der Waals surface area (Å²) in [6, 6.07) is 15.9. The molecular weight excluding hydrogens is 418 g/mol. The van der Waals surface area contributed by atoms with Gasteiger partial charge in [0.2, 0.25) is 0 Å². The lowest BCUT2D eigenvalue weighted by atomic mass is 10.1. The highest BCUT2D eigenvalue weighted by atomic mass is 32.1. The summed E-state index contributed by atoms with van der Waals surface area (Å²) >= 11 is 1.11. The molecule has 3 aromatic heterocycles. The Hall–Kier alpha value is -4.04. The number of carboxylic acids is 1. The Kier molecular flexibility index (Phi) is 4.48. The van der Waals surface area contributed by atoms with Crippen molar-refractivity contribution in [2.24, 2.45) is 0 Å². The van der Waals surface area contributed by atoms with Gasteiger partial charge in [0, 0.05) is 21.7 Å². The predicted octanol–water partition coefficient (Wildman–Crippen LogP) is 5.87. The normalized spacial score (nSPS) is 11.1. The van der Waals surface area contributed by atoms with Gasteiger partial charge in [-0.1, -0.05) is 18.2 Å². The van der Waals surface area contributed by atoms with Gasteiger partial charge in [-0.2, -0.15) is 0 Å². The van der Waals surface area contributed by atoms with E-state index in [1.165, 1.54) is 0 Å². The number of hydrogen-bond donors (Lipinski definition) is 2. The molecular formula is C23H15NO6S. The maximum atomic E-state index is 12.7. The molecule has 7 nitrogen and oxygen atoms in total. The summed E-state index contributed by atoms with van der Waals surface area (Å²) in [6.45, 7) is 0. The fraction of sp³-hybridized carbons (Fsp3) is 0.0435. The van der Waals surface area contributed by atoms with Gasteiger partial charge in [-0.05, 0) is 36.4 Å². The molecule has 5 aromatic rings. The van der Waals surface area contributed by atoms with Crippen LogP contribution in [0.5, 0.6) is 5.75 Å². The largest absolute Gasteiger partial charge is 0.497 e. The summed E-state index contributed by atoms with van der Waals surface area (Å²) in [5, 5.41) is 15.9. The second-order valence-electron chi connectivity index (χ2n) is 6.78. The number of fused-ring (bicyclic) bond motifs is 2. The molecule has 0 aliphatic rings. The third kappa shape index (κ3) is 3.32. The molecule has 0 atom stereocenters. The van der Waals surface area contributed by atoms with Crippen LogP contribution in [0.15, 0.2) is 68.8 Å². The molecule has 2 aromatic carbocycles. The number of anilines is 1. The highest BCUT2D eigenvalue weighted by Crippen LogP contribution is 2.39. The number of methoxy groups -OCH3 is 1. The number of nitrogens with one attached hydrogen (secondary N) is 1. The van der Waals surface area contributed by atoms with Gasteiger partial charge in [0.05, 0.1) is 7.11 Å². The Labute approximate surface area is 179 Å². The molecule has 3 heterocycles. The van der Waals surface area contributed by atoms with Crippen molar-refractivity contribution in [3.05, 3.63) is 71.3 Å². The van der Waals surface area contributed by atoms with Gasteiger partial charge in [-0.3, -0.25) is 4.79 Å². The highest BCUT2D eigenvalue weighted by molar-refractivity contribution is 7.15. The van der Waals surface area contributed by atoms with Crippen molar-refractivity contribution in [2.75, 3.05) is 12.4 Å². The molecule has 154 valence electrons. The quantitative estimate of drug-likeness (QED) is 0.360. The molecule has 0 aliphatic heterocycles. The molecule has 0 saturated carbocycles. The fourth-order valence-electron chi connectivity index (χ4n) is 3.38. The molecule has 0 unspecified atom stereocenters. The van der Waals surface area contributed by atoms with Crippen LogP contribution in [-0.2, 0) is 0 Å². The number of ether oxygens (including phenoxy) is 1. The Balaban J connectivity index is 1.51. The molecule has 0 fully saturated rings. The van der Waals surface area contributed by atoms with Crippen LogP contribution < -0.4 is 10.1 Å². The maximum Gasteiger partial charge on any atom is 0.339 e. The monoisotopic (exact) mass is 433 g/mol. The van der Waals surface area contributed by atoms with Gasteiger partial charge in [-0.25, -0.2) is 4.79 Å². The minimum atomic E-state index is -1.17. The number of para-hydroxylation sites is 1. The summed E-state index contributed by atoms with van der Waals surface area (Å²) in [5.41, 5.74) is 1.52. The van der Waals surface area contributed by atoms with Crippen molar-refractivity contribution in [3.8, 4) is 17.1 Å². The van der Waals surface area contributed by atoms with Crippen LogP contribution in [0.2, 0.25) is 0 Å². The third-order valence-electron chi connectivity index (χ3n) is 4.87. The van der Waals surface area contributed by atoms with Crippen LogP contribution in [0, 0.1) is 0 Å². The second kappa shape index (κ2) is 7.33. The van der Waals surface area contributed by atoms with Crippen LogP contribution in [0.3, 0.4) is 0 Å². The zero-order valence-electron chi connectivity index (χ0n) is 16.2. The molecule has 8 heteroatoms. The van der Waals surface area contributed by atoms with Crippen molar-refractivity contribution in [2.45, 2.75) is 0 Å². The standard InChI is InChI=1S/C23H15NO6S/c1-28-14-6-7-17-13(8-14)10-18(29-17)15-11-31-22(20(15)23(26)27)24-21(25)19-9-12-4-2-3-5-16(12)30-19/h2-11H,1H3,(H,24,25)(H,26,27). The summed E-state index contributed by atoms with van der Waals surface area (Å²) in [5.74, 6) is -0.539. The number of rotatable bonds is 5. The lowest BCUT2D eigenvalue weighted by Crippen LogP contribution is -2.12. The Morgan fingerprint density at radius 2 is 1.81 bits per heavy atom. The van der Waals surface area contributed by atoms with E-state index in [0.29, 0.717) is 28.2 Å². The number of carboxylic acid groups (broad SMARTS) is 1. The molecule has 5 rings (SSSR count). The first kappa shape index (κ1) is 19.0. The van der Waals surface area contributed by atoms with Gasteiger partial charge in [0.1, 0.15) is 33.2 Å². The van der Waals surface area contributed by atoms with Gasteiger partial charge in [0.15, 0.2) is 5.76 Å². The molecule has 31 heavy (non-hydrogen) atoms. The summed E-state index contributed by atoms with van der Waals surface area (Å²) < 4.78 is 16.6. The Morgan fingerprint density at radius 3 is 2.58 bits per heavy atom. The average molecular weight is 433 g/mol. The topological polar surface area (TPSA) is 102 Å². The number of benzene rings is 2. The SMILES string of the molecule is COc1ccc2oc(-c3csc(NC(=O)c4cc5ccccc5o4)c3C(=O)O)cc2c1. The minimum Gasteiger partial charge on any atom is -0.497 e. The summed E-state index contributed by atoms with van der Waals surface area (Å²) in [6.07, 6.45) is 0. The van der Waals surface area contributed by atoms with Crippen LogP contribution >= 0.6 is 11.3 Å². The number of amides is 1. The van der Waals surface area contributed by atoms with Crippen LogP contribution in [0.1, 0.15) is 20.9 Å². The average Bonchev–Trinajstić information content (AvgIpc) is 3.48. The van der Waals surface area contributed by atoms with Crippen LogP contribution in [-0.4, -0.2) is 24.1 Å². The molecule has 0 bridgehead atoms. The van der Waals surface area contributed by atoms with Crippen molar-refractivity contribution in [1.82, 2.24) is 0 Å². The van der Waals surface area contributed by atoms with Gasteiger partial charge < -0.3 is 24.0 Å². The lowest BCUT2D eigenvalue weighted by molar-refractivity contribution is 0.0699. The molecule has 0 aliphatic carbocycles. The van der Waals surface area contributed by atoms with E-state index >= 15 is 0 Å². The molecule has 0 radical (unpaired) electrons. The first-order valence-electron chi connectivity index (χ1n) is 9.26. The second-order valence-corrected chi connectivity index (χ2v) is 7.66. The summed E-state index contributed by atoms with van der Waals surface area (Å²) in [4.78, 5) is 24.7. The van der Waals surface area contributed by atoms with E-state index in [1.807, 2.05) is 18.2 Å². The van der Waals surface area contributed by atoms with Crippen LogP contribution in [0.25, 0.3) is 33.3 Å². The number of thiophene rings is 1. The van der Waals surface area contributed by atoms with Gasteiger partial charge in [-0.15, -0.1) is 11.3 Å². The molecule has 0 saturated heterocycles. The van der Waals surface area contributed by atoms with E-state index in [4.69, 9.17) is 13.6 Å². The number of aromatic carboxylic acids is 1. The van der Waals surface area contributed by atoms with E-state index in [2.05, 4.69) is 5.32 Å². The van der Waals surface area contributed by atoms with Crippen molar-refractivity contribution >= 4 is 50.2 Å². The van der Waals surface area contributed by atoms with E-state index < -0.39 is 11.9 Å². The van der Waals surface area contributed by atoms with E-state index in [-0.39, 0.29) is 16.3 Å². The smallest absolute Gasteiger partial charge is 0.339 e. The third-order valence-corrected chi connectivity index (χ3v) is 5.77. The lowest BCUT2D eigenvalue weighted by Gasteiger charge is -2.03. The Bertz CT molecular complexity index is 1420. The van der Waals surface area contributed by atoms with Crippen molar-refractivity contribution in [3.63, 3.8) is 0 Å². The van der Waals surface area contributed by atoms with Gasteiger partial charge in [0.25, 0.3) is 5.91 Å². The molecule has 0 spiro atoms.